The van der Waals surface area contributed by atoms with Crippen molar-refractivity contribution in [3.63, 3.8) is 0 Å². The van der Waals surface area contributed by atoms with Gasteiger partial charge in [0.1, 0.15) is 0 Å². The molecule has 9 rings (SSSR count). The van der Waals surface area contributed by atoms with Gasteiger partial charge in [0.15, 0.2) is 0 Å². The van der Waals surface area contributed by atoms with Crippen LogP contribution in [0.15, 0.2) is 127 Å². The maximum Gasteiger partial charge on any atom is 0.0595 e. The fourth-order valence-electron chi connectivity index (χ4n) is 9.50. The standard InChI is InChI=1S/3C17H17Cl2N/c3*1-20-17-9-7-12(13-4-2-3-5-14(13)17)11-6-8-15(18)16(19)10-11/h3*2-6,8,10,12,17,20H,7,9H2,1H3/t12-,17+;2*12-,17-/m100/s1. The van der Waals surface area contributed by atoms with Gasteiger partial charge in [-0.3, -0.25) is 0 Å². The summed E-state index contributed by atoms with van der Waals surface area (Å²) in [5, 5.41) is 14.0. The number of hydrogen-bond donors (Lipinski definition) is 3. The first-order valence-corrected chi connectivity index (χ1v) is 23.0. The topological polar surface area (TPSA) is 36.1 Å². The van der Waals surface area contributed by atoms with Crippen molar-refractivity contribution in [2.45, 2.75) is 74.4 Å². The Hall–Kier alpha value is -3.06. The Morgan fingerprint density at radius 1 is 0.317 bits per heavy atom. The normalized spacial score (nSPS) is 21.6. The van der Waals surface area contributed by atoms with E-state index in [4.69, 9.17) is 69.6 Å². The predicted molar refractivity (Wildman–Crippen MR) is 257 cm³/mol. The highest BCUT2D eigenvalue weighted by Gasteiger charge is 2.30. The minimum absolute atomic E-state index is 0.408. The van der Waals surface area contributed by atoms with Gasteiger partial charge in [0, 0.05) is 35.9 Å². The summed E-state index contributed by atoms with van der Waals surface area (Å²) in [6.45, 7) is 0. The Morgan fingerprint density at radius 3 is 0.800 bits per heavy atom. The summed E-state index contributed by atoms with van der Waals surface area (Å²) < 4.78 is 0. The summed E-state index contributed by atoms with van der Waals surface area (Å²) in [5.74, 6) is 1.22. The number of benzene rings is 6. The lowest BCUT2D eigenvalue weighted by atomic mass is 9.77. The molecular formula is C51H51Cl6N3. The largest absolute Gasteiger partial charge is 0.313 e. The highest BCUT2D eigenvalue weighted by molar-refractivity contribution is 6.43. The van der Waals surface area contributed by atoms with Crippen LogP contribution in [-0.4, -0.2) is 21.1 Å². The van der Waals surface area contributed by atoms with Gasteiger partial charge in [0.05, 0.1) is 30.1 Å². The fraction of sp³-hybridized carbons (Fsp3) is 0.294. The van der Waals surface area contributed by atoms with Crippen LogP contribution in [0.5, 0.6) is 0 Å². The molecule has 312 valence electrons. The van der Waals surface area contributed by atoms with Gasteiger partial charge in [-0.15, -0.1) is 0 Å². The number of fused-ring (bicyclic) bond motifs is 3. The third-order valence-corrected chi connectivity index (χ3v) is 14.8. The summed E-state index contributed by atoms with van der Waals surface area (Å²) in [6.07, 6.45) is 6.79. The van der Waals surface area contributed by atoms with Crippen molar-refractivity contribution in [1.29, 1.82) is 0 Å². The number of rotatable bonds is 6. The zero-order valence-corrected chi connectivity index (χ0v) is 38.6. The van der Waals surface area contributed by atoms with Gasteiger partial charge >= 0.3 is 0 Å². The van der Waals surface area contributed by atoms with E-state index in [0.29, 0.717) is 66.0 Å². The summed E-state index contributed by atoms with van der Waals surface area (Å²) in [4.78, 5) is 0. The maximum atomic E-state index is 6.17. The Kier molecular flexibility index (Phi) is 15.6. The lowest BCUT2D eigenvalue weighted by Crippen LogP contribution is -2.24. The fourth-order valence-corrected chi connectivity index (χ4v) is 10.4. The summed E-state index contributed by atoms with van der Waals surface area (Å²) in [6, 6.07) is 45.3. The van der Waals surface area contributed by atoms with Crippen LogP contribution in [0.3, 0.4) is 0 Å². The molecule has 0 heterocycles. The molecule has 0 fully saturated rings. The van der Waals surface area contributed by atoms with Crippen LogP contribution in [0.1, 0.15) is 124 Å². The molecule has 6 aromatic carbocycles. The van der Waals surface area contributed by atoms with Crippen molar-refractivity contribution < 1.29 is 0 Å². The molecule has 0 unspecified atom stereocenters. The van der Waals surface area contributed by atoms with E-state index in [1.165, 1.54) is 50.1 Å². The average molecular weight is 919 g/mol. The smallest absolute Gasteiger partial charge is 0.0595 e. The van der Waals surface area contributed by atoms with Crippen molar-refractivity contribution in [2.24, 2.45) is 0 Å². The van der Waals surface area contributed by atoms with E-state index in [9.17, 15) is 0 Å². The minimum Gasteiger partial charge on any atom is -0.313 e. The van der Waals surface area contributed by atoms with E-state index >= 15 is 0 Å². The minimum atomic E-state index is 0.408. The molecule has 0 aromatic heterocycles. The molecule has 9 heteroatoms. The van der Waals surface area contributed by atoms with Crippen LogP contribution in [0.4, 0.5) is 0 Å². The monoisotopic (exact) mass is 915 g/mol. The van der Waals surface area contributed by atoms with E-state index < -0.39 is 0 Å². The summed E-state index contributed by atoms with van der Waals surface area (Å²) in [5.41, 5.74) is 12.2. The molecule has 3 N–H and O–H groups in total. The average Bonchev–Trinajstić information content (AvgIpc) is 3.28. The highest BCUT2D eigenvalue weighted by atomic mass is 35.5. The molecule has 6 atom stereocenters. The molecule has 0 saturated heterocycles. The zero-order chi connectivity index (χ0) is 42.3. The van der Waals surface area contributed by atoms with Crippen molar-refractivity contribution >= 4 is 69.6 Å². The van der Waals surface area contributed by atoms with Crippen molar-refractivity contribution in [3.05, 3.63) is 208 Å². The Balaban J connectivity index is 0.000000136. The number of hydrogen-bond acceptors (Lipinski definition) is 3. The maximum absolute atomic E-state index is 6.17. The summed E-state index contributed by atoms with van der Waals surface area (Å²) >= 11 is 36.6. The summed E-state index contributed by atoms with van der Waals surface area (Å²) in [7, 11) is 6.09. The molecule has 60 heavy (non-hydrogen) atoms. The zero-order valence-electron chi connectivity index (χ0n) is 34.1. The lowest BCUT2D eigenvalue weighted by molar-refractivity contribution is 0.471. The van der Waals surface area contributed by atoms with Crippen LogP contribution in [0.25, 0.3) is 0 Å². The number of halogens is 6. The van der Waals surface area contributed by atoms with Crippen molar-refractivity contribution in [3.8, 4) is 0 Å². The second-order valence-corrected chi connectivity index (χ2v) is 18.3. The van der Waals surface area contributed by atoms with Gasteiger partial charge in [-0.2, -0.15) is 0 Å². The molecule has 6 aromatic rings. The quantitative estimate of drug-likeness (QED) is 0.156. The SMILES string of the molecule is CN[C@H]1CC[C@@H](c2ccc(Cl)c(Cl)c2)c2ccccc21.CN[C@H]1CC[C@@H](c2ccc(Cl)c(Cl)c2)c2ccccc21.CN[C@H]1CC[C@H](c2ccc(Cl)c(Cl)c2)c2ccccc21. The van der Waals surface area contributed by atoms with Gasteiger partial charge in [-0.1, -0.05) is 161 Å². The van der Waals surface area contributed by atoms with Gasteiger partial charge in [-0.05, 0) is 146 Å². The van der Waals surface area contributed by atoms with E-state index in [0.717, 1.165) is 38.5 Å². The van der Waals surface area contributed by atoms with E-state index in [2.05, 4.69) is 107 Å². The lowest BCUT2D eigenvalue weighted by Gasteiger charge is -2.32. The molecule has 3 nitrogen and oxygen atoms in total. The molecule has 3 aliphatic rings. The highest BCUT2D eigenvalue weighted by Crippen LogP contribution is 2.45. The first kappa shape index (κ1) is 45.0. The Morgan fingerprint density at radius 2 is 0.567 bits per heavy atom. The molecule has 0 amide bonds. The third kappa shape index (κ3) is 10.1. The second kappa shape index (κ2) is 20.9. The van der Waals surface area contributed by atoms with Crippen molar-refractivity contribution in [1.82, 2.24) is 16.0 Å². The molecular weight excluding hydrogens is 867 g/mol. The van der Waals surface area contributed by atoms with E-state index in [1.807, 2.05) is 57.5 Å². The molecule has 0 spiro atoms. The van der Waals surface area contributed by atoms with Gasteiger partial charge in [0.25, 0.3) is 0 Å². The first-order valence-electron chi connectivity index (χ1n) is 20.7. The van der Waals surface area contributed by atoms with E-state index in [1.54, 1.807) is 0 Å². The Bertz CT molecular complexity index is 2140. The number of nitrogens with one attached hydrogen (secondary N) is 3. The van der Waals surface area contributed by atoms with Crippen molar-refractivity contribution in [2.75, 3.05) is 21.1 Å². The van der Waals surface area contributed by atoms with Crippen LogP contribution >= 0.6 is 69.6 Å². The second-order valence-electron chi connectivity index (χ2n) is 15.8. The molecule has 0 radical (unpaired) electrons. The Labute approximate surface area is 386 Å². The van der Waals surface area contributed by atoms with Crippen LogP contribution in [0, 0.1) is 0 Å². The van der Waals surface area contributed by atoms with Crippen LogP contribution < -0.4 is 16.0 Å². The molecule has 0 saturated carbocycles. The predicted octanol–water partition coefficient (Wildman–Crippen LogP) is 15.5. The third-order valence-electron chi connectivity index (χ3n) is 12.6. The van der Waals surface area contributed by atoms with E-state index in [-0.39, 0.29) is 0 Å². The molecule has 0 aliphatic heterocycles. The van der Waals surface area contributed by atoms with Gasteiger partial charge in [-0.25, -0.2) is 0 Å². The van der Waals surface area contributed by atoms with Gasteiger partial charge in [0.2, 0.25) is 0 Å². The molecule has 0 bridgehead atoms. The van der Waals surface area contributed by atoms with Crippen LogP contribution in [0.2, 0.25) is 30.1 Å². The van der Waals surface area contributed by atoms with Crippen LogP contribution in [-0.2, 0) is 0 Å². The molecule has 3 aliphatic carbocycles. The first-order chi connectivity index (χ1) is 29.1. The van der Waals surface area contributed by atoms with Gasteiger partial charge < -0.3 is 16.0 Å².